The van der Waals surface area contributed by atoms with Gasteiger partial charge in [0, 0.05) is 6.54 Å². The summed E-state index contributed by atoms with van der Waals surface area (Å²) >= 11 is 0. The highest BCUT2D eigenvalue weighted by molar-refractivity contribution is 5.78. The molecule has 0 saturated carbocycles. The lowest BCUT2D eigenvalue weighted by Crippen LogP contribution is -2.37. The van der Waals surface area contributed by atoms with E-state index in [1.165, 1.54) is 0 Å². The zero-order valence-corrected chi connectivity index (χ0v) is 6.16. The molecule has 1 aliphatic carbocycles. The van der Waals surface area contributed by atoms with Crippen LogP contribution in [-0.4, -0.2) is 17.6 Å². The van der Waals surface area contributed by atoms with Crippen LogP contribution in [0.25, 0.3) is 0 Å². The Morgan fingerprint density at radius 2 is 2.36 bits per heavy atom. The van der Waals surface area contributed by atoms with Gasteiger partial charge < -0.3 is 10.8 Å². The van der Waals surface area contributed by atoms with Crippen LogP contribution in [0.3, 0.4) is 0 Å². The van der Waals surface area contributed by atoms with E-state index in [1.807, 2.05) is 12.2 Å². The molecular weight excluding hydrogens is 142 g/mol. The average Bonchev–Trinajstić information content (AvgIpc) is 2.05. The standard InChI is InChI=1S/C8H11NO2/c9-6-8(7(10)11)4-2-1-3-5-8/h1-4H,5-6,9H2,(H,10,11). The molecule has 0 fully saturated rings. The van der Waals surface area contributed by atoms with Crippen LogP contribution >= 0.6 is 0 Å². The van der Waals surface area contributed by atoms with Crippen molar-refractivity contribution in [3.8, 4) is 0 Å². The number of aliphatic carboxylic acids is 1. The Morgan fingerprint density at radius 3 is 2.64 bits per heavy atom. The molecule has 0 aromatic rings. The number of nitrogens with two attached hydrogens (primary N) is 1. The van der Waals surface area contributed by atoms with E-state index in [4.69, 9.17) is 10.8 Å². The van der Waals surface area contributed by atoms with Gasteiger partial charge in [-0.05, 0) is 6.42 Å². The summed E-state index contributed by atoms with van der Waals surface area (Å²) in [6.07, 6.45) is 7.52. The van der Waals surface area contributed by atoms with Gasteiger partial charge in [-0.2, -0.15) is 0 Å². The van der Waals surface area contributed by atoms with Crippen LogP contribution < -0.4 is 5.73 Å². The van der Waals surface area contributed by atoms with Crippen molar-refractivity contribution >= 4 is 5.97 Å². The first kappa shape index (κ1) is 8.01. The molecule has 60 valence electrons. The van der Waals surface area contributed by atoms with E-state index in [2.05, 4.69) is 0 Å². The van der Waals surface area contributed by atoms with E-state index in [-0.39, 0.29) is 6.54 Å². The summed E-state index contributed by atoms with van der Waals surface area (Å²) in [6, 6.07) is 0. The SMILES string of the molecule is NCC1(C(=O)O)C=CC=CC1. The Bertz CT molecular complexity index is 220. The van der Waals surface area contributed by atoms with Crippen LogP contribution in [0.1, 0.15) is 6.42 Å². The predicted octanol–water partition coefficient (Wildman–Crippen LogP) is 0.532. The molecule has 1 unspecified atom stereocenters. The average molecular weight is 153 g/mol. The number of hydrogen-bond donors (Lipinski definition) is 2. The Balaban J connectivity index is 2.85. The van der Waals surface area contributed by atoms with Crippen molar-refractivity contribution in [2.75, 3.05) is 6.54 Å². The zero-order chi connectivity index (χ0) is 8.32. The summed E-state index contributed by atoms with van der Waals surface area (Å²) in [5.41, 5.74) is 4.52. The third-order valence-corrected chi connectivity index (χ3v) is 1.93. The van der Waals surface area contributed by atoms with Gasteiger partial charge in [-0.3, -0.25) is 4.79 Å². The Labute approximate surface area is 65.2 Å². The number of allylic oxidation sites excluding steroid dienone is 3. The van der Waals surface area contributed by atoms with Gasteiger partial charge in [0.15, 0.2) is 0 Å². The normalized spacial score (nSPS) is 28.8. The van der Waals surface area contributed by atoms with Crippen molar-refractivity contribution in [3.63, 3.8) is 0 Å². The van der Waals surface area contributed by atoms with Crippen molar-refractivity contribution in [1.82, 2.24) is 0 Å². The van der Waals surface area contributed by atoms with Crippen molar-refractivity contribution < 1.29 is 9.90 Å². The monoisotopic (exact) mass is 153 g/mol. The smallest absolute Gasteiger partial charge is 0.315 e. The molecule has 3 heteroatoms. The third kappa shape index (κ3) is 1.33. The van der Waals surface area contributed by atoms with Crippen molar-refractivity contribution in [3.05, 3.63) is 24.3 Å². The summed E-state index contributed by atoms with van der Waals surface area (Å²) in [5, 5.41) is 8.82. The van der Waals surface area contributed by atoms with Gasteiger partial charge in [-0.1, -0.05) is 24.3 Å². The second kappa shape index (κ2) is 2.88. The van der Waals surface area contributed by atoms with Crippen molar-refractivity contribution in [2.24, 2.45) is 11.1 Å². The molecule has 0 spiro atoms. The summed E-state index contributed by atoms with van der Waals surface area (Å²) in [6.45, 7) is 0.156. The van der Waals surface area contributed by atoms with Crippen LogP contribution in [0.5, 0.6) is 0 Å². The highest BCUT2D eigenvalue weighted by Crippen LogP contribution is 2.26. The van der Waals surface area contributed by atoms with Gasteiger partial charge in [0.2, 0.25) is 0 Å². The molecule has 0 saturated heterocycles. The van der Waals surface area contributed by atoms with E-state index in [1.54, 1.807) is 12.2 Å². The highest BCUT2D eigenvalue weighted by Gasteiger charge is 2.33. The summed E-state index contributed by atoms with van der Waals surface area (Å²) in [5.74, 6) is -0.847. The minimum atomic E-state index is -0.852. The van der Waals surface area contributed by atoms with E-state index < -0.39 is 11.4 Å². The van der Waals surface area contributed by atoms with E-state index in [9.17, 15) is 4.79 Å². The maximum Gasteiger partial charge on any atom is 0.315 e. The van der Waals surface area contributed by atoms with Crippen LogP contribution in [0.15, 0.2) is 24.3 Å². The molecule has 1 atom stereocenters. The molecular formula is C8H11NO2. The van der Waals surface area contributed by atoms with Crippen LogP contribution in [0.2, 0.25) is 0 Å². The molecule has 1 rings (SSSR count). The fraction of sp³-hybridized carbons (Fsp3) is 0.375. The summed E-state index contributed by atoms with van der Waals surface area (Å²) in [7, 11) is 0. The molecule has 0 aliphatic heterocycles. The lowest BCUT2D eigenvalue weighted by molar-refractivity contribution is -0.145. The second-order valence-electron chi connectivity index (χ2n) is 2.66. The van der Waals surface area contributed by atoms with Crippen LogP contribution in [0.4, 0.5) is 0 Å². The third-order valence-electron chi connectivity index (χ3n) is 1.93. The Kier molecular flexibility index (Phi) is 2.10. The summed E-state index contributed by atoms with van der Waals surface area (Å²) in [4.78, 5) is 10.7. The maximum absolute atomic E-state index is 10.7. The Hall–Kier alpha value is -1.09. The largest absolute Gasteiger partial charge is 0.481 e. The van der Waals surface area contributed by atoms with Gasteiger partial charge in [-0.25, -0.2) is 0 Å². The Morgan fingerprint density at radius 1 is 1.64 bits per heavy atom. The molecule has 0 amide bonds. The van der Waals surface area contributed by atoms with E-state index >= 15 is 0 Å². The quantitative estimate of drug-likeness (QED) is 0.608. The number of carbonyl (C=O) groups is 1. The lowest BCUT2D eigenvalue weighted by Gasteiger charge is -2.23. The van der Waals surface area contributed by atoms with Crippen LogP contribution in [0, 0.1) is 5.41 Å². The fourth-order valence-electron chi connectivity index (χ4n) is 1.06. The maximum atomic E-state index is 10.7. The van der Waals surface area contributed by atoms with E-state index in [0.717, 1.165) is 0 Å². The first-order valence-corrected chi connectivity index (χ1v) is 3.49. The van der Waals surface area contributed by atoms with E-state index in [0.29, 0.717) is 6.42 Å². The number of hydrogen-bond acceptors (Lipinski definition) is 2. The molecule has 3 nitrogen and oxygen atoms in total. The minimum Gasteiger partial charge on any atom is -0.481 e. The molecule has 3 N–H and O–H groups in total. The summed E-state index contributed by atoms with van der Waals surface area (Å²) < 4.78 is 0. The molecule has 0 aromatic carbocycles. The van der Waals surface area contributed by atoms with Crippen LogP contribution in [-0.2, 0) is 4.79 Å². The topological polar surface area (TPSA) is 63.3 Å². The first-order chi connectivity index (χ1) is 5.21. The van der Waals surface area contributed by atoms with Gasteiger partial charge in [-0.15, -0.1) is 0 Å². The molecule has 0 bridgehead atoms. The number of carboxylic acid groups (broad SMARTS) is 1. The molecule has 11 heavy (non-hydrogen) atoms. The molecule has 0 radical (unpaired) electrons. The second-order valence-corrected chi connectivity index (χ2v) is 2.66. The van der Waals surface area contributed by atoms with Gasteiger partial charge in [0.25, 0.3) is 0 Å². The van der Waals surface area contributed by atoms with Gasteiger partial charge in [0.05, 0.1) is 0 Å². The fourth-order valence-corrected chi connectivity index (χ4v) is 1.06. The van der Waals surface area contributed by atoms with Gasteiger partial charge in [0.1, 0.15) is 5.41 Å². The first-order valence-electron chi connectivity index (χ1n) is 3.49. The van der Waals surface area contributed by atoms with Crippen molar-refractivity contribution in [1.29, 1.82) is 0 Å². The molecule has 0 aromatic heterocycles. The molecule has 1 aliphatic rings. The predicted molar refractivity (Wildman–Crippen MR) is 42.0 cm³/mol. The van der Waals surface area contributed by atoms with Gasteiger partial charge >= 0.3 is 5.97 Å². The number of rotatable bonds is 2. The molecule has 0 heterocycles. The lowest BCUT2D eigenvalue weighted by atomic mass is 9.82. The minimum absolute atomic E-state index is 0.156. The zero-order valence-electron chi connectivity index (χ0n) is 6.16. The number of carboxylic acids is 1. The highest BCUT2D eigenvalue weighted by atomic mass is 16.4. The van der Waals surface area contributed by atoms with Crippen molar-refractivity contribution in [2.45, 2.75) is 6.42 Å².